The predicted molar refractivity (Wildman–Crippen MR) is 120 cm³/mol. The molecule has 1 aliphatic heterocycles. The van der Waals surface area contributed by atoms with E-state index in [-0.39, 0.29) is 5.75 Å². The number of hydrogen-bond acceptors (Lipinski definition) is 2. The normalized spacial score (nSPS) is 16.5. The second kappa shape index (κ2) is 7.96. The van der Waals surface area contributed by atoms with Crippen LogP contribution in [-0.2, 0) is 16.6 Å². The lowest BCUT2D eigenvalue weighted by atomic mass is 9.88. The minimum atomic E-state index is -3.09. The zero-order valence-electron chi connectivity index (χ0n) is 17.6. The Labute approximate surface area is 174 Å². The Kier molecular flexibility index (Phi) is 5.54. The highest BCUT2D eigenvalue weighted by atomic mass is 32.2. The van der Waals surface area contributed by atoms with Crippen LogP contribution in [0.3, 0.4) is 0 Å². The largest absolute Gasteiger partial charge is 0.340 e. The van der Waals surface area contributed by atoms with Gasteiger partial charge in [0.15, 0.2) is 0 Å². The fraction of sp³-hybridized carbons (Fsp3) is 0.417. The minimum absolute atomic E-state index is 0.187. The van der Waals surface area contributed by atoms with Gasteiger partial charge in [-0.2, -0.15) is 0 Å². The summed E-state index contributed by atoms with van der Waals surface area (Å²) >= 11 is 0. The first-order chi connectivity index (χ1) is 13.9. The lowest BCUT2D eigenvalue weighted by Gasteiger charge is -2.31. The highest BCUT2D eigenvalue weighted by Crippen LogP contribution is 2.38. The van der Waals surface area contributed by atoms with E-state index < -0.39 is 10.0 Å². The quantitative estimate of drug-likeness (QED) is 0.604. The molecule has 2 heterocycles. The van der Waals surface area contributed by atoms with Gasteiger partial charge in [-0.25, -0.2) is 12.7 Å². The molecule has 154 valence electrons. The average molecular weight is 411 g/mol. The molecule has 4 rings (SSSR count). The summed E-state index contributed by atoms with van der Waals surface area (Å²) in [6.45, 7) is 8.23. The molecular formula is C24H30N2O2S. The number of hydrogen-bond donors (Lipinski definition) is 0. The van der Waals surface area contributed by atoms with Gasteiger partial charge in [-0.15, -0.1) is 0 Å². The lowest BCUT2D eigenvalue weighted by Crippen LogP contribution is -2.38. The Morgan fingerprint density at radius 1 is 0.966 bits per heavy atom. The molecule has 4 nitrogen and oxygen atoms in total. The fourth-order valence-electron chi connectivity index (χ4n) is 4.74. The number of para-hydroxylation sites is 1. The van der Waals surface area contributed by atoms with Gasteiger partial charge in [-0.3, -0.25) is 0 Å². The van der Waals surface area contributed by atoms with Gasteiger partial charge in [0, 0.05) is 36.2 Å². The predicted octanol–water partition coefficient (Wildman–Crippen LogP) is 4.84. The molecule has 0 radical (unpaired) electrons. The summed E-state index contributed by atoms with van der Waals surface area (Å²) in [7, 11) is -3.09. The third-order valence-electron chi connectivity index (χ3n) is 6.49. The number of benzene rings is 2. The molecular weight excluding hydrogens is 380 g/mol. The average Bonchev–Trinajstić information content (AvgIpc) is 3.01. The van der Waals surface area contributed by atoms with Crippen molar-refractivity contribution in [2.24, 2.45) is 0 Å². The van der Waals surface area contributed by atoms with E-state index >= 15 is 0 Å². The third-order valence-corrected chi connectivity index (χ3v) is 8.37. The van der Waals surface area contributed by atoms with Crippen LogP contribution in [0.15, 0.2) is 48.5 Å². The molecule has 29 heavy (non-hydrogen) atoms. The molecule has 0 aliphatic carbocycles. The van der Waals surface area contributed by atoms with Crippen molar-refractivity contribution in [1.82, 2.24) is 8.87 Å². The third kappa shape index (κ3) is 3.74. The van der Waals surface area contributed by atoms with Gasteiger partial charge in [0.1, 0.15) is 0 Å². The van der Waals surface area contributed by atoms with Gasteiger partial charge in [0.25, 0.3) is 0 Å². The number of piperidine rings is 1. The molecule has 0 N–H and O–H groups in total. The van der Waals surface area contributed by atoms with Crippen LogP contribution in [0.1, 0.15) is 48.1 Å². The smallest absolute Gasteiger partial charge is 0.213 e. The van der Waals surface area contributed by atoms with E-state index in [1.54, 1.807) is 11.2 Å². The number of aryl methyl sites for hydroxylation is 1. The molecule has 1 fully saturated rings. The Morgan fingerprint density at radius 2 is 1.62 bits per heavy atom. The van der Waals surface area contributed by atoms with Crippen LogP contribution < -0.4 is 0 Å². The van der Waals surface area contributed by atoms with Crippen molar-refractivity contribution < 1.29 is 8.42 Å². The first kappa shape index (κ1) is 20.2. The van der Waals surface area contributed by atoms with Crippen molar-refractivity contribution >= 4 is 20.9 Å². The van der Waals surface area contributed by atoms with Crippen molar-refractivity contribution in [3.63, 3.8) is 0 Å². The Bertz CT molecular complexity index is 1120. The van der Waals surface area contributed by atoms with E-state index in [1.165, 1.54) is 33.3 Å². The zero-order valence-corrected chi connectivity index (χ0v) is 18.4. The molecule has 0 saturated carbocycles. The summed E-state index contributed by atoms with van der Waals surface area (Å²) in [4.78, 5) is 0. The van der Waals surface area contributed by atoms with Gasteiger partial charge in [-0.1, -0.05) is 42.5 Å². The zero-order chi connectivity index (χ0) is 20.6. The summed E-state index contributed by atoms with van der Waals surface area (Å²) in [6.07, 6.45) is 1.77. The summed E-state index contributed by atoms with van der Waals surface area (Å²) in [5.41, 5.74) is 6.64. The van der Waals surface area contributed by atoms with Crippen molar-refractivity contribution in [3.8, 4) is 0 Å². The first-order valence-electron chi connectivity index (χ1n) is 10.5. The maximum atomic E-state index is 12.2. The van der Waals surface area contributed by atoms with Crippen molar-refractivity contribution in [3.05, 3.63) is 70.9 Å². The molecule has 0 atom stereocenters. The van der Waals surface area contributed by atoms with Gasteiger partial charge in [-0.05, 0) is 62.3 Å². The number of fused-ring (bicyclic) bond motifs is 1. The van der Waals surface area contributed by atoms with E-state index in [4.69, 9.17) is 0 Å². The maximum absolute atomic E-state index is 12.2. The van der Waals surface area contributed by atoms with E-state index in [0.29, 0.717) is 19.0 Å². The standard InChI is InChI=1S/C24H30N2O2S/c1-4-29(27,28)25-15-13-20(14-16-25)24-19(3)26(23-12-8-7-11-22(23)24)17-21-10-6-5-9-18(21)2/h5-12,20H,4,13-17H2,1-3H3. The van der Waals surface area contributed by atoms with Crippen LogP contribution in [0.4, 0.5) is 0 Å². The molecule has 1 aliphatic rings. The Balaban J connectivity index is 1.70. The molecule has 0 spiro atoms. The second-order valence-electron chi connectivity index (χ2n) is 8.10. The topological polar surface area (TPSA) is 42.3 Å². The highest BCUT2D eigenvalue weighted by molar-refractivity contribution is 7.89. The number of sulfonamides is 1. The van der Waals surface area contributed by atoms with Crippen molar-refractivity contribution in [2.75, 3.05) is 18.8 Å². The second-order valence-corrected chi connectivity index (χ2v) is 10.4. The van der Waals surface area contributed by atoms with Crippen molar-refractivity contribution in [2.45, 2.75) is 46.1 Å². The molecule has 1 saturated heterocycles. The van der Waals surface area contributed by atoms with Crippen LogP contribution >= 0.6 is 0 Å². The van der Waals surface area contributed by atoms with Crippen LogP contribution in [0.25, 0.3) is 10.9 Å². The van der Waals surface area contributed by atoms with Crippen molar-refractivity contribution in [1.29, 1.82) is 0 Å². The maximum Gasteiger partial charge on any atom is 0.213 e. The minimum Gasteiger partial charge on any atom is -0.340 e. The van der Waals surface area contributed by atoms with Gasteiger partial charge in [0.2, 0.25) is 10.0 Å². The van der Waals surface area contributed by atoms with E-state index in [0.717, 1.165) is 19.4 Å². The lowest BCUT2D eigenvalue weighted by molar-refractivity contribution is 0.320. The molecule has 0 bridgehead atoms. The molecule has 5 heteroatoms. The number of aromatic nitrogens is 1. The number of rotatable bonds is 5. The number of nitrogens with zero attached hydrogens (tertiary/aromatic N) is 2. The summed E-state index contributed by atoms with van der Waals surface area (Å²) < 4.78 is 28.6. The molecule has 0 amide bonds. The first-order valence-corrected chi connectivity index (χ1v) is 12.1. The molecule has 1 aromatic heterocycles. The van der Waals surface area contributed by atoms with E-state index in [1.807, 2.05) is 0 Å². The molecule has 0 unspecified atom stereocenters. The van der Waals surface area contributed by atoms with Gasteiger partial charge in [0.05, 0.1) is 5.75 Å². The molecule has 2 aromatic carbocycles. The van der Waals surface area contributed by atoms with Crippen LogP contribution in [-0.4, -0.2) is 36.1 Å². The highest BCUT2D eigenvalue weighted by Gasteiger charge is 2.30. The van der Waals surface area contributed by atoms with Crippen LogP contribution in [0.2, 0.25) is 0 Å². The summed E-state index contributed by atoms with van der Waals surface area (Å²) in [5.74, 6) is 0.591. The Hall–Kier alpha value is -2.11. The molecule has 3 aromatic rings. The monoisotopic (exact) mass is 410 g/mol. The SMILES string of the molecule is CCS(=O)(=O)N1CCC(c2c(C)n(Cc3ccccc3C)c3ccccc23)CC1. The van der Waals surface area contributed by atoms with Gasteiger partial charge < -0.3 is 4.57 Å². The fourth-order valence-corrected chi connectivity index (χ4v) is 5.87. The van der Waals surface area contributed by atoms with Gasteiger partial charge >= 0.3 is 0 Å². The summed E-state index contributed by atoms with van der Waals surface area (Å²) in [6, 6.07) is 17.2. The van der Waals surface area contributed by atoms with Crippen LogP contribution in [0.5, 0.6) is 0 Å². The summed E-state index contributed by atoms with van der Waals surface area (Å²) in [5, 5.41) is 1.32. The van der Waals surface area contributed by atoms with E-state index in [2.05, 4.69) is 66.9 Å². The van der Waals surface area contributed by atoms with E-state index in [9.17, 15) is 8.42 Å². The Morgan fingerprint density at radius 3 is 2.31 bits per heavy atom. The van der Waals surface area contributed by atoms with Crippen LogP contribution in [0, 0.1) is 13.8 Å².